The predicted molar refractivity (Wildman–Crippen MR) is 196 cm³/mol. The van der Waals surface area contributed by atoms with Crippen molar-refractivity contribution in [3.05, 3.63) is 36.5 Å². The number of hydrogen-bond acceptors (Lipinski definition) is 5. The minimum atomic E-state index is -0.536. The van der Waals surface area contributed by atoms with Gasteiger partial charge in [0.25, 0.3) is 0 Å². The van der Waals surface area contributed by atoms with E-state index in [9.17, 15) is 9.59 Å². The van der Waals surface area contributed by atoms with E-state index in [-0.39, 0.29) is 25.2 Å². The summed E-state index contributed by atoms with van der Waals surface area (Å²) in [6, 6.07) is 0. The van der Waals surface area contributed by atoms with E-state index in [1.54, 1.807) is 0 Å². The Morgan fingerprint density at radius 2 is 0.978 bits per heavy atom. The molecule has 0 aromatic rings. The third kappa shape index (κ3) is 35.0. The minimum Gasteiger partial charge on any atom is -0.462 e. The molecule has 0 fully saturated rings. The molecule has 1 atom stereocenters. The van der Waals surface area contributed by atoms with Gasteiger partial charge in [-0.1, -0.05) is 160 Å². The van der Waals surface area contributed by atoms with Crippen LogP contribution in [0.5, 0.6) is 0 Å². The predicted octanol–water partition coefficient (Wildman–Crippen LogP) is 12.3. The standard InChI is InChI=1S/C41H74O5/c1-4-7-10-13-15-17-19-21-22-24-26-29-31-34-40(42)45-38-39(46-41(43)35-32-28-12-9-6-3)37-44-36-33-30-27-25-23-20-18-16-14-11-8-5-2/h7,10,15,17,21-22,39H,4-6,8-9,11-14,16,18-20,23-38H2,1-3H3/b10-7-,17-15-,22-21-. The molecule has 5 heteroatoms. The highest BCUT2D eigenvalue weighted by atomic mass is 16.6. The molecule has 0 saturated carbocycles. The van der Waals surface area contributed by atoms with Crippen LogP contribution in [0.1, 0.15) is 188 Å². The van der Waals surface area contributed by atoms with Gasteiger partial charge in [0.2, 0.25) is 0 Å². The molecule has 0 saturated heterocycles. The van der Waals surface area contributed by atoms with Crippen molar-refractivity contribution in [2.45, 2.75) is 194 Å². The first-order chi connectivity index (χ1) is 22.6. The maximum Gasteiger partial charge on any atom is 0.306 e. The molecule has 1 unspecified atom stereocenters. The van der Waals surface area contributed by atoms with Gasteiger partial charge in [-0.05, 0) is 51.4 Å². The average molecular weight is 647 g/mol. The Hall–Kier alpha value is -1.88. The van der Waals surface area contributed by atoms with Crippen molar-refractivity contribution in [3.8, 4) is 0 Å². The monoisotopic (exact) mass is 647 g/mol. The highest BCUT2D eigenvalue weighted by Crippen LogP contribution is 2.13. The van der Waals surface area contributed by atoms with Crippen LogP contribution in [0.25, 0.3) is 0 Å². The fourth-order valence-corrected chi connectivity index (χ4v) is 5.29. The summed E-state index contributed by atoms with van der Waals surface area (Å²) in [5, 5.41) is 0. The van der Waals surface area contributed by atoms with Crippen LogP contribution in [-0.4, -0.2) is 37.9 Å². The number of unbranched alkanes of at least 4 members (excludes halogenated alkanes) is 18. The van der Waals surface area contributed by atoms with Gasteiger partial charge in [0.15, 0.2) is 6.10 Å². The second-order valence-corrected chi connectivity index (χ2v) is 12.8. The lowest BCUT2D eigenvalue weighted by molar-refractivity contribution is -0.163. The fourth-order valence-electron chi connectivity index (χ4n) is 5.29. The van der Waals surface area contributed by atoms with E-state index in [1.807, 2.05) is 0 Å². The van der Waals surface area contributed by atoms with Crippen molar-refractivity contribution in [3.63, 3.8) is 0 Å². The molecule has 0 aromatic heterocycles. The van der Waals surface area contributed by atoms with E-state index in [0.717, 1.165) is 77.0 Å². The van der Waals surface area contributed by atoms with Crippen molar-refractivity contribution in [1.29, 1.82) is 0 Å². The second kappa shape index (κ2) is 37.6. The molecule has 5 nitrogen and oxygen atoms in total. The summed E-state index contributed by atoms with van der Waals surface area (Å²) < 4.78 is 17.1. The summed E-state index contributed by atoms with van der Waals surface area (Å²) in [5.41, 5.74) is 0. The summed E-state index contributed by atoms with van der Waals surface area (Å²) in [4.78, 5) is 24.8. The van der Waals surface area contributed by atoms with Gasteiger partial charge in [0.1, 0.15) is 6.61 Å². The lowest BCUT2D eigenvalue weighted by Gasteiger charge is -2.18. The Morgan fingerprint density at radius 3 is 1.57 bits per heavy atom. The van der Waals surface area contributed by atoms with Crippen LogP contribution in [0.15, 0.2) is 36.5 Å². The smallest absolute Gasteiger partial charge is 0.306 e. The van der Waals surface area contributed by atoms with Gasteiger partial charge in [0.05, 0.1) is 6.61 Å². The van der Waals surface area contributed by atoms with E-state index in [0.29, 0.717) is 19.4 Å². The molecule has 0 aliphatic heterocycles. The molecule has 0 aromatic carbocycles. The molecule has 0 amide bonds. The summed E-state index contributed by atoms with van der Waals surface area (Å²) in [5.74, 6) is -0.442. The van der Waals surface area contributed by atoms with Gasteiger partial charge in [0, 0.05) is 19.4 Å². The van der Waals surface area contributed by atoms with Crippen LogP contribution in [0.2, 0.25) is 0 Å². The maximum absolute atomic E-state index is 12.5. The second-order valence-electron chi connectivity index (χ2n) is 12.8. The first-order valence-electron chi connectivity index (χ1n) is 19.5. The topological polar surface area (TPSA) is 61.8 Å². The third-order valence-corrected chi connectivity index (χ3v) is 8.19. The third-order valence-electron chi connectivity index (χ3n) is 8.19. The van der Waals surface area contributed by atoms with Gasteiger partial charge >= 0.3 is 11.9 Å². The van der Waals surface area contributed by atoms with Crippen LogP contribution in [-0.2, 0) is 23.8 Å². The fraction of sp³-hybridized carbons (Fsp3) is 0.805. The maximum atomic E-state index is 12.5. The lowest BCUT2D eigenvalue weighted by atomic mass is 10.1. The van der Waals surface area contributed by atoms with Crippen LogP contribution in [0, 0.1) is 0 Å². The Bertz CT molecular complexity index is 741. The molecule has 46 heavy (non-hydrogen) atoms. The van der Waals surface area contributed by atoms with E-state index in [2.05, 4.69) is 57.2 Å². The van der Waals surface area contributed by atoms with Gasteiger partial charge in [-0.25, -0.2) is 0 Å². The molecule has 0 aliphatic rings. The highest BCUT2D eigenvalue weighted by molar-refractivity contribution is 5.70. The largest absolute Gasteiger partial charge is 0.462 e. The molecule has 0 bridgehead atoms. The zero-order valence-electron chi connectivity index (χ0n) is 30.6. The van der Waals surface area contributed by atoms with Crippen LogP contribution >= 0.6 is 0 Å². The molecule has 0 heterocycles. The van der Waals surface area contributed by atoms with Gasteiger partial charge in [-0.15, -0.1) is 0 Å². The van der Waals surface area contributed by atoms with E-state index < -0.39 is 6.10 Å². The average Bonchev–Trinajstić information content (AvgIpc) is 3.05. The number of carbonyl (C=O) groups is 2. The summed E-state index contributed by atoms with van der Waals surface area (Å²) in [6.45, 7) is 7.61. The summed E-state index contributed by atoms with van der Waals surface area (Å²) in [6.07, 6.45) is 41.6. The number of carbonyl (C=O) groups excluding carboxylic acids is 2. The van der Waals surface area contributed by atoms with Crippen molar-refractivity contribution < 1.29 is 23.8 Å². The van der Waals surface area contributed by atoms with Crippen LogP contribution in [0.4, 0.5) is 0 Å². The van der Waals surface area contributed by atoms with E-state index >= 15 is 0 Å². The molecule has 268 valence electrons. The molecule has 0 aliphatic carbocycles. The van der Waals surface area contributed by atoms with Crippen LogP contribution in [0.3, 0.4) is 0 Å². The Labute approximate surface area is 285 Å². The van der Waals surface area contributed by atoms with Crippen molar-refractivity contribution in [2.24, 2.45) is 0 Å². The van der Waals surface area contributed by atoms with E-state index in [4.69, 9.17) is 14.2 Å². The lowest BCUT2D eigenvalue weighted by Crippen LogP contribution is -2.30. The van der Waals surface area contributed by atoms with Crippen molar-refractivity contribution in [1.82, 2.24) is 0 Å². The minimum absolute atomic E-state index is 0.0728. The summed E-state index contributed by atoms with van der Waals surface area (Å²) >= 11 is 0. The first kappa shape index (κ1) is 44.1. The quantitative estimate of drug-likeness (QED) is 0.0389. The number of allylic oxidation sites excluding steroid dienone is 6. The first-order valence-corrected chi connectivity index (χ1v) is 19.5. The van der Waals surface area contributed by atoms with Crippen molar-refractivity contribution in [2.75, 3.05) is 19.8 Å². The number of ether oxygens (including phenoxy) is 3. The zero-order valence-corrected chi connectivity index (χ0v) is 30.6. The zero-order chi connectivity index (χ0) is 33.6. The normalized spacial score (nSPS) is 12.5. The van der Waals surface area contributed by atoms with E-state index in [1.165, 1.54) is 77.0 Å². The summed E-state index contributed by atoms with van der Waals surface area (Å²) in [7, 11) is 0. The Kier molecular flexibility index (Phi) is 36.0. The number of esters is 2. The Balaban J connectivity index is 4.15. The molecular weight excluding hydrogens is 572 g/mol. The van der Waals surface area contributed by atoms with Crippen molar-refractivity contribution >= 4 is 11.9 Å². The number of rotatable bonds is 35. The SMILES string of the molecule is CC/C=C\C/C=C\C/C=C\CCCCCC(=O)OCC(COCCCCCCCCCCCCCC)OC(=O)CCCCCCC. The molecule has 0 spiro atoms. The number of hydrogen-bond donors (Lipinski definition) is 0. The molecule has 0 rings (SSSR count). The molecular formula is C41H74O5. The highest BCUT2D eigenvalue weighted by Gasteiger charge is 2.17. The van der Waals surface area contributed by atoms with Gasteiger partial charge < -0.3 is 14.2 Å². The molecule has 0 N–H and O–H groups in total. The van der Waals surface area contributed by atoms with Gasteiger partial charge in [-0.3, -0.25) is 9.59 Å². The molecule has 0 radical (unpaired) electrons. The van der Waals surface area contributed by atoms with Crippen LogP contribution < -0.4 is 0 Å². The Morgan fingerprint density at radius 1 is 0.500 bits per heavy atom. The van der Waals surface area contributed by atoms with Gasteiger partial charge in [-0.2, -0.15) is 0 Å².